The molecule has 1 fully saturated rings. The van der Waals surface area contributed by atoms with Crippen LogP contribution in [0.3, 0.4) is 0 Å². The number of hydrogen-bond acceptors (Lipinski definition) is 7. The fourth-order valence-electron chi connectivity index (χ4n) is 3.55. The monoisotopic (exact) mass is 434 g/mol. The number of carbonyl (C=O) groups excluding carboxylic acids is 1. The molecule has 5 rings (SSSR count). The number of anilines is 5. The van der Waals surface area contributed by atoms with Gasteiger partial charge in [-0.3, -0.25) is 9.78 Å². The van der Waals surface area contributed by atoms with E-state index in [1.165, 1.54) is 0 Å². The van der Waals surface area contributed by atoms with E-state index in [0.29, 0.717) is 22.5 Å². The van der Waals surface area contributed by atoms with Crippen molar-refractivity contribution in [1.29, 1.82) is 0 Å². The smallest absolute Gasteiger partial charge is 0.408 e. The highest BCUT2D eigenvalue weighted by molar-refractivity contribution is 5.79. The van der Waals surface area contributed by atoms with Crippen LogP contribution in [0.1, 0.15) is 19.3 Å². The zero-order valence-electron chi connectivity index (χ0n) is 16.8. The average Bonchev–Trinajstić information content (AvgIpc) is 3.13. The van der Waals surface area contributed by atoms with Crippen LogP contribution in [-0.4, -0.2) is 27.4 Å². The fraction of sp³-hybridized carbons (Fsp3) is 0.182. The molecule has 2 aromatic carbocycles. The zero-order chi connectivity index (χ0) is 22.1. The summed E-state index contributed by atoms with van der Waals surface area (Å²) in [7, 11) is 0. The summed E-state index contributed by atoms with van der Waals surface area (Å²) in [6.07, 6.45) is 5.10. The summed E-state index contributed by atoms with van der Waals surface area (Å²) in [6, 6.07) is 12.4. The molecule has 0 unspecified atom stereocenters. The maximum absolute atomic E-state index is 14.3. The van der Waals surface area contributed by atoms with Crippen LogP contribution in [0.25, 0.3) is 11.1 Å². The van der Waals surface area contributed by atoms with E-state index < -0.39 is 11.6 Å². The third kappa shape index (κ3) is 3.89. The first-order valence-corrected chi connectivity index (χ1v) is 10.1. The summed E-state index contributed by atoms with van der Waals surface area (Å²) >= 11 is 0. The van der Waals surface area contributed by atoms with Crippen molar-refractivity contribution < 1.29 is 13.6 Å². The van der Waals surface area contributed by atoms with Gasteiger partial charge in [-0.05, 0) is 61.7 Å². The van der Waals surface area contributed by atoms with Crippen molar-refractivity contribution in [3.8, 4) is 0 Å². The number of carbonyl (C=O) groups is 1. The summed E-state index contributed by atoms with van der Waals surface area (Å²) in [6.45, 7) is 0. The Bertz CT molecular complexity index is 1330. The molecule has 162 valence electrons. The number of rotatable bonds is 7. The van der Waals surface area contributed by atoms with Crippen molar-refractivity contribution in [3.05, 3.63) is 65.0 Å². The number of aromatic nitrogens is 3. The quantitative estimate of drug-likeness (QED) is 0.376. The van der Waals surface area contributed by atoms with Crippen LogP contribution >= 0.6 is 0 Å². The second-order valence-electron chi connectivity index (χ2n) is 7.51. The molecule has 4 aromatic rings. The Morgan fingerprint density at radius 1 is 1.12 bits per heavy atom. The number of aromatic amines is 1. The second kappa shape index (κ2) is 8.14. The van der Waals surface area contributed by atoms with Gasteiger partial charge in [0.05, 0.1) is 11.7 Å². The van der Waals surface area contributed by atoms with Gasteiger partial charge < -0.3 is 20.0 Å². The lowest BCUT2D eigenvalue weighted by molar-refractivity contribution is -0.108. The first-order valence-electron chi connectivity index (χ1n) is 10.1. The van der Waals surface area contributed by atoms with Gasteiger partial charge in [0.1, 0.15) is 0 Å². The topological polar surface area (TPSA) is 116 Å². The normalized spacial score (nSPS) is 13.5. The van der Waals surface area contributed by atoms with E-state index in [9.17, 15) is 14.0 Å². The van der Waals surface area contributed by atoms with Crippen molar-refractivity contribution in [1.82, 2.24) is 15.0 Å². The highest BCUT2D eigenvalue weighted by Crippen LogP contribution is 2.29. The molecule has 1 aliphatic rings. The minimum atomic E-state index is -0.631. The van der Waals surface area contributed by atoms with Gasteiger partial charge in [0.15, 0.2) is 17.2 Å². The third-order valence-electron chi connectivity index (χ3n) is 5.43. The summed E-state index contributed by atoms with van der Waals surface area (Å²) in [4.78, 5) is 35.2. The molecule has 0 bridgehead atoms. The van der Waals surface area contributed by atoms with Crippen molar-refractivity contribution in [3.63, 3.8) is 0 Å². The number of hydrogen-bond donors (Lipinski definition) is 3. The molecule has 1 aliphatic carbocycles. The van der Waals surface area contributed by atoms with Crippen LogP contribution in [0.5, 0.6) is 0 Å². The Kier molecular flexibility index (Phi) is 5.02. The van der Waals surface area contributed by atoms with E-state index in [0.717, 1.165) is 37.6 Å². The molecule has 10 heteroatoms. The first-order chi connectivity index (χ1) is 15.6. The van der Waals surface area contributed by atoms with Crippen LogP contribution in [0.15, 0.2) is 57.9 Å². The van der Waals surface area contributed by atoms with Gasteiger partial charge >= 0.3 is 5.76 Å². The lowest BCUT2D eigenvalue weighted by Gasteiger charge is -2.34. The molecular formula is C22H19FN6O3. The molecule has 1 saturated carbocycles. The Balaban J connectivity index is 1.32. The molecule has 9 nitrogen and oxygen atoms in total. The predicted octanol–water partition coefficient (Wildman–Crippen LogP) is 4.05. The molecule has 2 heterocycles. The van der Waals surface area contributed by atoms with Crippen LogP contribution in [0.4, 0.5) is 33.2 Å². The summed E-state index contributed by atoms with van der Waals surface area (Å²) < 4.78 is 19.2. The molecule has 2 aromatic heterocycles. The maximum atomic E-state index is 14.3. The second-order valence-corrected chi connectivity index (χ2v) is 7.51. The minimum Gasteiger partial charge on any atom is -0.408 e. The predicted molar refractivity (Wildman–Crippen MR) is 118 cm³/mol. The van der Waals surface area contributed by atoms with E-state index in [1.54, 1.807) is 23.1 Å². The van der Waals surface area contributed by atoms with E-state index in [1.807, 2.05) is 24.3 Å². The summed E-state index contributed by atoms with van der Waals surface area (Å²) in [5.41, 5.74) is 2.93. The number of fused-ring (bicyclic) bond motifs is 1. The zero-order valence-corrected chi connectivity index (χ0v) is 16.8. The third-order valence-corrected chi connectivity index (χ3v) is 5.43. The molecular weight excluding hydrogens is 415 g/mol. The van der Waals surface area contributed by atoms with Crippen LogP contribution in [0, 0.1) is 5.82 Å². The van der Waals surface area contributed by atoms with E-state index in [4.69, 9.17) is 4.42 Å². The molecule has 1 amide bonds. The number of benzene rings is 2. The van der Waals surface area contributed by atoms with Gasteiger partial charge in [-0.25, -0.2) is 14.2 Å². The molecule has 3 N–H and O–H groups in total. The standard InChI is InChI=1S/C22H19FN6O3/c23-17-11-24-21(26-13-4-7-16(8-5-13)29(12-30)15-2-1-3-15)28-20(17)25-14-6-9-19-18(10-14)27-22(31)32-19/h4-12,15H,1-3H2,(H,27,31)(H2,24,25,26,28). The Hall–Kier alpha value is -4.21. The van der Waals surface area contributed by atoms with Gasteiger partial charge in [0, 0.05) is 23.1 Å². The lowest BCUT2D eigenvalue weighted by Crippen LogP contribution is -2.39. The number of oxazole rings is 1. The SMILES string of the molecule is O=CN(c1ccc(Nc2ncc(F)c(Nc3ccc4oc(=O)[nH]c4c3)n2)cc1)C1CCC1. The van der Waals surface area contributed by atoms with Crippen LogP contribution in [0.2, 0.25) is 0 Å². The van der Waals surface area contributed by atoms with Gasteiger partial charge in [0.25, 0.3) is 0 Å². The fourth-order valence-corrected chi connectivity index (χ4v) is 3.55. The molecule has 32 heavy (non-hydrogen) atoms. The van der Waals surface area contributed by atoms with E-state index in [-0.39, 0.29) is 17.8 Å². The van der Waals surface area contributed by atoms with Gasteiger partial charge in [-0.2, -0.15) is 4.98 Å². The summed E-state index contributed by atoms with van der Waals surface area (Å²) in [5.74, 6) is -1.02. The number of nitrogens with zero attached hydrogens (tertiary/aromatic N) is 3. The highest BCUT2D eigenvalue weighted by Gasteiger charge is 2.24. The van der Waals surface area contributed by atoms with E-state index in [2.05, 4.69) is 25.6 Å². The number of amides is 1. The Morgan fingerprint density at radius 3 is 2.62 bits per heavy atom. The van der Waals surface area contributed by atoms with Crippen LogP contribution < -0.4 is 21.3 Å². The minimum absolute atomic E-state index is 0.0265. The molecule has 0 aliphatic heterocycles. The maximum Gasteiger partial charge on any atom is 0.417 e. The van der Waals surface area contributed by atoms with Crippen molar-refractivity contribution in [2.24, 2.45) is 0 Å². The van der Waals surface area contributed by atoms with Crippen LogP contribution in [-0.2, 0) is 4.79 Å². The van der Waals surface area contributed by atoms with Crippen molar-refractivity contribution in [2.45, 2.75) is 25.3 Å². The molecule has 0 saturated heterocycles. The molecule has 0 spiro atoms. The highest BCUT2D eigenvalue weighted by atomic mass is 19.1. The van der Waals surface area contributed by atoms with Gasteiger partial charge in [-0.15, -0.1) is 0 Å². The Morgan fingerprint density at radius 2 is 1.91 bits per heavy atom. The molecule has 0 atom stereocenters. The largest absolute Gasteiger partial charge is 0.417 e. The first kappa shape index (κ1) is 19.7. The lowest BCUT2D eigenvalue weighted by atomic mass is 9.91. The van der Waals surface area contributed by atoms with Crippen molar-refractivity contribution >= 4 is 46.3 Å². The van der Waals surface area contributed by atoms with Gasteiger partial charge in [-0.1, -0.05) is 0 Å². The van der Waals surface area contributed by atoms with Gasteiger partial charge in [0.2, 0.25) is 12.4 Å². The van der Waals surface area contributed by atoms with E-state index >= 15 is 0 Å². The average molecular weight is 434 g/mol. The van der Waals surface area contributed by atoms with Crippen molar-refractivity contribution in [2.75, 3.05) is 15.5 Å². The molecule has 0 radical (unpaired) electrons. The number of H-pyrrole nitrogens is 1. The summed E-state index contributed by atoms with van der Waals surface area (Å²) in [5, 5.41) is 5.91. The number of halogens is 1. The Labute approximate surface area is 181 Å². The number of nitrogens with one attached hydrogen (secondary N) is 3.